The Bertz CT molecular complexity index is 241. The molecule has 1 unspecified atom stereocenters. The van der Waals surface area contributed by atoms with Gasteiger partial charge in [-0.2, -0.15) is 0 Å². The van der Waals surface area contributed by atoms with Crippen molar-refractivity contribution >= 4 is 11.8 Å². The van der Waals surface area contributed by atoms with Gasteiger partial charge in [0.2, 0.25) is 5.78 Å². The zero-order valence-electron chi connectivity index (χ0n) is 8.00. The van der Waals surface area contributed by atoms with Crippen LogP contribution in [-0.4, -0.2) is 17.9 Å². The second-order valence-corrected chi connectivity index (χ2v) is 2.64. The van der Waals surface area contributed by atoms with Gasteiger partial charge in [-0.25, -0.2) is 0 Å². The van der Waals surface area contributed by atoms with Crippen molar-refractivity contribution in [3.63, 3.8) is 0 Å². The molecule has 0 fully saturated rings. The maximum absolute atomic E-state index is 11.3. The lowest BCUT2D eigenvalue weighted by Gasteiger charge is -2.11. The largest absolute Gasteiger partial charge is 0.450 e. The van der Waals surface area contributed by atoms with Crippen molar-refractivity contribution in [2.45, 2.75) is 26.4 Å². The van der Waals surface area contributed by atoms with Crippen LogP contribution in [0.1, 0.15) is 20.3 Å². The van der Waals surface area contributed by atoms with E-state index in [1.54, 1.807) is 13.8 Å². The summed E-state index contributed by atoms with van der Waals surface area (Å²) < 4.78 is 4.80. The van der Waals surface area contributed by atoms with Crippen molar-refractivity contribution in [3.8, 4) is 0 Å². The molecule has 3 nitrogen and oxygen atoms in total. The quantitative estimate of drug-likeness (QED) is 0.369. The maximum atomic E-state index is 11.3. The highest BCUT2D eigenvalue weighted by Crippen LogP contribution is 2.04. The van der Waals surface area contributed by atoms with Crippen LogP contribution < -0.4 is 0 Å². The first kappa shape index (κ1) is 11.6. The standard InChI is InChI=1S/C10H14O3/c1-5-8(10(12)7(3)4)13-9(11)6-2/h5,8H,1,3,6H2,2,4H3. The van der Waals surface area contributed by atoms with Crippen LogP contribution in [0.4, 0.5) is 0 Å². The molecule has 3 heteroatoms. The summed E-state index contributed by atoms with van der Waals surface area (Å²) in [7, 11) is 0. The van der Waals surface area contributed by atoms with E-state index in [1.807, 2.05) is 0 Å². The lowest BCUT2D eigenvalue weighted by Crippen LogP contribution is -2.25. The average molecular weight is 182 g/mol. The topological polar surface area (TPSA) is 43.4 Å². The van der Waals surface area contributed by atoms with Gasteiger partial charge in [0.25, 0.3) is 0 Å². The molecule has 0 N–H and O–H groups in total. The van der Waals surface area contributed by atoms with E-state index in [4.69, 9.17) is 4.74 Å². The minimum Gasteiger partial charge on any atom is -0.450 e. The molecule has 1 atom stereocenters. The van der Waals surface area contributed by atoms with Crippen molar-refractivity contribution in [2.75, 3.05) is 0 Å². The van der Waals surface area contributed by atoms with Crippen LogP contribution in [0, 0.1) is 0 Å². The number of carbonyl (C=O) groups excluding carboxylic acids is 2. The van der Waals surface area contributed by atoms with E-state index >= 15 is 0 Å². The smallest absolute Gasteiger partial charge is 0.306 e. The predicted molar refractivity (Wildman–Crippen MR) is 50.2 cm³/mol. The number of ether oxygens (including phenoxy) is 1. The summed E-state index contributed by atoms with van der Waals surface area (Å²) in [5.74, 6) is -0.726. The number of Topliss-reactive ketones (excluding diaryl/α,β-unsaturated/α-hetero) is 1. The van der Waals surface area contributed by atoms with Crippen LogP contribution >= 0.6 is 0 Å². The molecule has 0 saturated heterocycles. The molecule has 0 aliphatic rings. The SMILES string of the molecule is C=CC(OC(=O)CC)C(=O)C(=C)C. The van der Waals surface area contributed by atoms with E-state index in [1.165, 1.54) is 6.08 Å². The fraction of sp³-hybridized carbons (Fsp3) is 0.400. The summed E-state index contributed by atoms with van der Waals surface area (Å²) in [6, 6.07) is 0. The normalized spacial score (nSPS) is 11.5. The van der Waals surface area contributed by atoms with Crippen molar-refractivity contribution in [3.05, 3.63) is 24.8 Å². The second kappa shape index (κ2) is 5.30. The van der Waals surface area contributed by atoms with E-state index in [2.05, 4.69) is 13.2 Å². The summed E-state index contributed by atoms with van der Waals surface area (Å²) in [5.41, 5.74) is 0.355. The first-order valence-corrected chi connectivity index (χ1v) is 4.04. The first-order chi connectivity index (χ1) is 6.02. The molecule has 0 rings (SSSR count). The molecule has 0 aromatic rings. The molecular formula is C10H14O3. The van der Waals surface area contributed by atoms with Crippen molar-refractivity contribution in [1.29, 1.82) is 0 Å². The van der Waals surface area contributed by atoms with Gasteiger partial charge in [0, 0.05) is 6.42 Å². The van der Waals surface area contributed by atoms with Crippen LogP contribution in [0.25, 0.3) is 0 Å². The molecular weight excluding hydrogens is 168 g/mol. The predicted octanol–water partition coefficient (Wildman–Crippen LogP) is 1.64. The molecule has 72 valence electrons. The van der Waals surface area contributed by atoms with Crippen LogP contribution in [0.3, 0.4) is 0 Å². The third-order valence-electron chi connectivity index (χ3n) is 1.44. The third kappa shape index (κ3) is 3.69. The minimum atomic E-state index is -0.884. The Labute approximate surface area is 78.1 Å². The number of hydrogen-bond donors (Lipinski definition) is 0. The molecule has 0 amide bonds. The van der Waals surface area contributed by atoms with Crippen molar-refractivity contribution in [1.82, 2.24) is 0 Å². The fourth-order valence-electron chi connectivity index (χ4n) is 0.676. The summed E-state index contributed by atoms with van der Waals surface area (Å²) in [6.45, 7) is 10.1. The van der Waals surface area contributed by atoms with Gasteiger partial charge in [0.1, 0.15) is 0 Å². The van der Waals surface area contributed by atoms with Gasteiger partial charge >= 0.3 is 5.97 Å². The van der Waals surface area contributed by atoms with Gasteiger partial charge < -0.3 is 4.74 Å². The number of esters is 1. The summed E-state index contributed by atoms with van der Waals surface area (Å²) in [4.78, 5) is 22.1. The monoisotopic (exact) mass is 182 g/mol. The highest BCUT2D eigenvalue weighted by molar-refractivity contribution is 5.99. The van der Waals surface area contributed by atoms with Gasteiger partial charge in [-0.1, -0.05) is 20.1 Å². The van der Waals surface area contributed by atoms with Crippen LogP contribution in [0.2, 0.25) is 0 Å². The number of ketones is 1. The summed E-state index contributed by atoms with van der Waals surface area (Å²) >= 11 is 0. The van der Waals surface area contributed by atoms with Crippen molar-refractivity contribution < 1.29 is 14.3 Å². The molecule has 0 saturated carbocycles. The highest BCUT2D eigenvalue weighted by Gasteiger charge is 2.18. The number of hydrogen-bond acceptors (Lipinski definition) is 3. The number of rotatable bonds is 5. The lowest BCUT2D eigenvalue weighted by atomic mass is 10.1. The fourth-order valence-corrected chi connectivity index (χ4v) is 0.676. The van der Waals surface area contributed by atoms with E-state index in [-0.39, 0.29) is 12.2 Å². The first-order valence-electron chi connectivity index (χ1n) is 4.04. The number of carbonyl (C=O) groups is 2. The Kier molecular flexibility index (Phi) is 4.74. The Morgan fingerprint density at radius 2 is 2.08 bits per heavy atom. The van der Waals surface area contributed by atoms with Gasteiger partial charge in [-0.05, 0) is 18.6 Å². The Morgan fingerprint density at radius 3 is 2.38 bits per heavy atom. The van der Waals surface area contributed by atoms with Gasteiger partial charge in [0.05, 0.1) is 0 Å². The molecule has 0 heterocycles. The lowest BCUT2D eigenvalue weighted by molar-refractivity contribution is -0.150. The molecule has 0 bridgehead atoms. The average Bonchev–Trinajstić information content (AvgIpc) is 2.12. The molecule has 13 heavy (non-hydrogen) atoms. The van der Waals surface area contributed by atoms with Crippen LogP contribution in [0.5, 0.6) is 0 Å². The second-order valence-electron chi connectivity index (χ2n) is 2.64. The van der Waals surface area contributed by atoms with Crippen molar-refractivity contribution in [2.24, 2.45) is 0 Å². The molecule has 0 aliphatic carbocycles. The molecule has 0 spiro atoms. The zero-order valence-corrected chi connectivity index (χ0v) is 8.00. The van der Waals surface area contributed by atoms with E-state index in [0.29, 0.717) is 5.57 Å². The van der Waals surface area contributed by atoms with Crippen LogP contribution in [-0.2, 0) is 14.3 Å². The zero-order chi connectivity index (χ0) is 10.4. The molecule has 0 aromatic heterocycles. The van der Waals surface area contributed by atoms with E-state index in [0.717, 1.165) is 0 Å². The van der Waals surface area contributed by atoms with Gasteiger partial charge in [0.15, 0.2) is 6.10 Å². The highest BCUT2D eigenvalue weighted by atomic mass is 16.5. The minimum absolute atomic E-state index is 0.244. The van der Waals surface area contributed by atoms with E-state index in [9.17, 15) is 9.59 Å². The summed E-state index contributed by atoms with van der Waals surface area (Å²) in [6.07, 6.45) is 0.656. The van der Waals surface area contributed by atoms with E-state index < -0.39 is 12.1 Å². The maximum Gasteiger partial charge on any atom is 0.306 e. The molecule has 0 aromatic carbocycles. The third-order valence-corrected chi connectivity index (χ3v) is 1.44. The van der Waals surface area contributed by atoms with Crippen LogP contribution in [0.15, 0.2) is 24.8 Å². The summed E-state index contributed by atoms with van der Waals surface area (Å²) in [5, 5.41) is 0. The Balaban J connectivity index is 4.35. The van der Waals surface area contributed by atoms with Gasteiger partial charge in [-0.15, -0.1) is 0 Å². The van der Waals surface area contributed by atoms with Gasteiger partial charge in [-0.3, -0.25) is 9.59 Å². The Hall–Kier alpha value is -1.38. The molecule has 0 aliphatic heterocycles. The molecule has 0 radical (unpaired) electrons. The Morgan fingerprint density at radius 1 is 1.54 bits per heavy atom.